The largest absolute Gasteiger partial charge is 0.260 e. The van der Waals surface area contributed by atoms with Crippen LogP contribution in [0.15, 0.2) is 39.8 Å². The Morgan fingerprint density at radius 3 is 2.00 bits per heavy atom. The number of halogens is 4. The van der Waals surface area contributed by atoms with Gasteiger partial charge < -0.3 is 0 Å². The van der Waals surface area contributed by atoms with Crippen LogP contribution in [0, 0.1) is 18.6 Å². The molecular formula is C12H12Br2F2N2. The summed E-state index contributed by atoms with van der Waals surface area (Å²) in [5.74, 6) is -0.594. The lowest BCUT2D eigenvalue weighted by Gasteiger charge is -1.94. The van der Waals surface area contributed by atoms with E-state index in [0.29, 0.717) is 14.5 Å². The first-order valence-electron chi connectivity index (χ1n) is 4.52. The summed E-state index contributed by atoms with van der Waals surface area (Å²) in [5, 5.41) is 0. The van der Waals surface area contributed by atoms with Crippen molar-refractivity contribution in [1.29, 1.82) is 0 Å². The molecule has 0 atom stereocenters. The predicted molar refractivity (Wildman–Crippen MR) is 75.3 cm³/mol. The Morgan fingerprint density at radius 1 is 1.00 bits per heavy atom. The molecule has 0 N–H and O–H groups in total. The number of hydrogen-bond donors (Lipinski definition) is 0. The maximum atomic E-state index is 12.5. The van der Waals surface area contributed by atoms with Crippen LogP contribution in [-0.2, 0) is 0 Å². The van der Waals surface area contributed by atoms with Gasteiger partial charge in [-0.05, 0) is 44.8 Å². The monoisotopic (exact) mass is 380 g/mol. The van der Waals surface area contributed by atoms with Gasteiger partial charge in [-0.25, -0.2) is 8.78 Å². The van der Waals surface area contributed by atoms with Gasteiger partial charge in [-0.15, -0.1) is 0 Å². The van der Waals surface area contributed by atoms with Gasteiger partial charge in [-0.1, -0.05) is 7.43 Å². The van der Waals surface area contributed by atoms with Crippen LogP contribution in [0.2, 0.25) is 0 Å². The van der Waals surface area contributed by atoms with Gasteiger partial charge in [0.05, 0.1) is 12.4 Å². The minimum atomic E-state index is -0.320. The van der Waals surface area contributed by atoms with Crippen LogP contribution < -0.4 is 0 Å². The van der Waals surface area contributed by atoms with E-state index in [1.807, 2.05) is 0 Å². The number of pyridine rings is 2. The summed E-state index contributed by atoms with van der Waals surface area (Å²) in [4.78, 5) is 7.18. The average molecular weight is 382 g/mol. The maximum Gasteiger partial charge on any atom is 0.145 e. The molecule has 6 heteroatoms. The molecule has 0 unspecified atom stereocenters. The molecule has 0 aliphatic rings. The minimum Gasteiger partial charge on any atom is -0.260 e. The van der Waals surface area contributed by atoms with E-state index in [1.165, 1.54) is 18.5 Å². The van der Waals surface area contributed by atoms with E-state index < -0.39 is 0 Å². The molecule has 0 spiro atoms. The molecule has 2 nitrogen and oxygen atoms in total. The van der Waals surface area contributed by atoms with Crippen molar-refractivity contribution in [3.8, 4) is 0 Å². The standard InChI is InChI=1S/C6H5BrFN.C5H3BrFN.CH4/c1-4-5(7)2-9-3-6(4)8;6-4-1-5(7)3-8-2-4;/h2-3H,1H3;1-3H;1H4. The van der Waals surface area contributed by atoms with Crippen molar-refractivity contribution in [2.24, 2.45) is 0 Å². The quantitative estimate of drug-likeness (QED) is 0.647. The molecule has 0 fully saturated rings. The molecule has 0 aliphatic heterocycles. The first kappa shape index (κ1) is 17.1. The Hall–Kier alpha value is -0.880. The summed E-state index contributed by atoms with van der Waals surface area (Å²) in [6.07, 6.45) is 5.45. The van der Waals surface area contributed by atoms with Crippen LogP contribution in [0.5, 0.6) is 0 Å². The van der Waals surface area contributed by atoms with Gasteiger partial charge in [-0.3, -0.25) is 9.97 Å². The van der Waals surface area contributed by atoms with E-state index in [-0.39, 0.29) is 19.1 Å². The molecule has 2 rings (SSSR count). The van der Waals surface area contributed by atoms with Crippen LogP contribution in [0.3, 0.4) is 0 Å². The summed E-state index contributed by atoms with van der Waals surface area (Å²) >= 11 is 6.20. The second kappa shape index (κ2) is 8.26. The molecule has 0 aliphatic carbocycles. The molecule has 98 valence electrons. The fraction of sp³-hybridized carbons (Fsp3) is 0.167. The summed E-state index contributed by atoms with van der Waals surface area (Å²) in [5.41, 5.74) is 0.602. The number of aromatic nitrogens is 2. The van der Waals surface area contributed by atoms with Crippen molar-refractivity contribution >= 4 is 31.9 Å². The van der Waals surface area contributed by atoms with Crippen molar-refractivity contribution in [3.63, 3.8) is 0 Å². The van der Waals surface area contributed by atoms with Crippen molar-refractivity contribution < 1.29 is 8.78 Å². The highest BCUT2D eigenvalue weighted by Gasteiger charge is 1.98. The van der Waals surface area contributed by atoms with E-state index in [9.17, 15) is 8.78 Å². The topological polar surface area (TPSA) is 25.8 Å². The maximum absolute atomic E-state index is 12.5. The van der Waals surface area contributed by atoms with Crippen LogP contribution in [0.1, 0.15) is 13.0 Å². The van der Waals surface area contributed by atoms with Crippen molar-refractivity contribution in [3.05, 3.63) is 57.0 Å². The van der Waals surface area contributed by atoms with E-state index in [4.69, 9.17) is 0 Å². The Balaban J connectivity index is 0.000000306. The highest BCUT2D eigenvalue weighted by atomic mass is 79.9. The van der Waals surface area contributed by atoms with Gasteiger partial charge in [0.15, 0.2) is 0 Å². The number of rotatable bonds is 0. The normalized spacial score (nSPS) is 8.94. The second-order valence-electron chi connectivity index (χ2n) is 3.05. The van der Waals surface area contributed by atoms with E-state index >= 15 is 0 Å². The first-order valence-corrected chi connectivity index (χ1v) is 6.11. The van der Waals surface area contributed by atoms with Crippen LogP contribution >= 0.6 is 31.9 Å². The third kappa shape index (κ3) is 5.64. The lowest BCUT2D eigenvalue weighted by Crippen LogP contribution is -1.84. The lowest BCUT2D eigenvalue weighted by atomic mass is 10.3. The third-order valence-corrected chi connectivity index (χ3v) is 3.00. The van der Waals surface area contributed by atoms with Gasteiger partial charge in [0.1, 0.15) is 11.6 Å². The molecule has 0 saturated carbocycles. The average Bonchev–Trinajstić information content (AvgIpc) is 2.26. The van der Waals surface area contributed by atoms with E-state index in [0.717, 1.165) is 6.20 Å². The van der Waals surface area contributed by atoms with Crippen LogP contribution in [0.4, 0.5) is 8.78 Å². The fourth-order valence-corrected chi connectivity index (χ4v) is 1.51. The summed E-state index contributed by atoms with van der Waals surface area (Å²) in [6.45, 7) is 1.70. The number of nitrogens with zero attached hydrogens (tertiary/aromatic N) is 2. The van der Waals surface area contributed by atoms with E-state index in [1.54, 1.807) is 13.1 Å². The van der Waals surface area contributed by atoms with Crippen molar-refractivity contribution in [2.45, 2.75) is 14.4 Å². The third-order valence-electron chi connectivity index (χ3n) is 1.76. The Kier molecular flexibility index (Phi) is 7.86. The van der Waals surface area contributed by atoms with Crippen molar-refractivity contribution in [2.75, 3.05) is 0 Å². The lowest BCUT2D eigenvalue weighted by molar-refractivity contribution is 0.610. The van der Waals surface area contributed by atoms with Gasteiger partial charge in [0.2, 0.25) is 0 Å². The summed E-state index contributed by atoms with van der Waals surface area (Å²) < 4.78 is 25.9. The molecule has 0 saturated heterocycles. The van der Waals surface area contributed by atoms with E-state index in [2.05, 4.69) is 41.8 Å². The first-order chi connectivity index (χ1) is 8.00. The predicted octanol–water partition coefficient (Wildman–Crippen LogP) is 4.91. The summed E-state index contributed by atoms with van der Waals surface area (Å²) in [7, 11) is 0. The molecule has 0 bridgehead atoms. The van der Waals surface area contributed by atoms with Crippen LogP contribution in [-0.4, -0.2) is 9.97 Å². The second-order valence-corrected chi connectivity index (χ2v) is 4.82. The smallest absolute Gasteiger partial charge is 0.145 e. The zero-order valence-electron chi connectivity index (χ0n) is 8.79. The van der Waals surface area contributed by atoms with Gasteiger partial charge in [0.25, 0.3) is 0 Å². The molecule has 2 aromatic heterocycles. The van der Waals surface area contributed by atoms with Gasteiger partial charge >= 0.3 is 0 Å². The molecule has 0 amide bonds. The molecule has 18 heavy (non-hydrogen) atoms. The molecule has 2 heterocycles. The summed E-state index contributed by atoms with van der Waals surface area (Å²) in [6, 6.07) is 1.35. The molecule has 0 aromatic carbocycles. The van der Waals surface area contributed by atoms with Crippen LogP contribution in [0.25, 0.3) is 0 Å². The Morgan fingerprint density at radius 2 is 1.61 bits per heavy atom. The highest BCUT2D eigenvalue weighted by Crippen LogP contribution is 2.15. The molecular weight excluding hydrogens is 370 g/mol. The van der Waals surface area contributed by atoms with Crippen molar-refractivity contribution in [1.82, 2.24) is 9.97 Å². The Bertz CT molecular complexity index is 470. The highest BCUT2D eigenvalue weighted by molar-refractivity contribution is 9.10. The number of hydrogen-bond acceptors (Lipinski definition) is 2. The molecule has 2 aromatic rings. The van der Waals surface area contributed by atoms with Gasteiger partial charge in [-0.2, -0.15) is 0 Å². The Labute approximate surface area is 122 Å². The molecule has 0 radical (unpaired) electrons. The van der Waals surface area contributed by atoms with Gasteiger partial charge in [0, 0.05) is 26.9 Å². The SMILES string of the molecule is C.Cc1c(F)cncc1Br.Fc1cncc(Br)c1. The minimum absolute atomic E-state index is 0. The fourth-order valence-electron chi connectivity index (χ4n) is 0.862. The zero-order valence-corrected chi connectivity index (χ0v) is 12.0. The zero-order chi connectivity index (χ0) is 12.8.